The van der Waals surface area contributed by atoms with Crippen molar-refractivity contribution in [2.24, 2.45) is 0 Å². The van der Waals surface area contributed by atoms with E-state index < -0.39 is 40.2 Å². The van der Waals surface area contributed by atoms with E-state index in [0.717, 1.165) is 25.0 Å². The van der Waals surface area contributed by atoms with Crippen LogP contribution in [0.5, 0.6) is 5.75 Å². The number of ether oxygens (including phenoxy) is 2. The number of hydrogen-bond acceptors (Lipinski definition) is 6. The van der Waals surface area contributed by atoms with E-state index in [1.807, 2.05) is 0 Å². The fraction of sp³-hybridized carbons (Fsp3) is 0.310. The average Bonchev–Trinajstić information content (AvgIpc) is 3.49. The van der Waals surface area contributed by atoms with Crippen LogP contribution >= 0.6 is 0 Å². The highest BCUT2D eigenvalue weighted by atomic mass is 32.2. The number of benzene rings is 3. The van der Waals surface area contributed by atoms with Gasteiger partial charge in [-0.1, -0.05) is 12.1 Å². The van der Waals surface area contributed by atoms with E-state index in [2.05, 4.69) is 10.0 Å². The predicted octanol–water partition coefficient (Wildman–Crippen LogP) is 3.86. The van der Waals surface area contributed by atoms with E-state index in [0.29, 0.717) is 18.7 Å². The highest BCUT2D eigenvalue weighted by molar-refractivity contribution is 7.92. The van der Waals surface area contributed by atoms with Crippen LogP contribution in [0.1, 0.15) is 25.3 Å². The van der Waals surface area contributed by atoms with Crippen LogP contribution in [0.3, 0.4) is 0 Å². The summed E-state index contributed by atoms with van der Waals surface area (Å²) in [4.78, 5) is 27.4. The number of carbonyl (C=O) groups excluding carboxylic acids is 2. The Balaban J connectivity index is 1.39. The molecule has 2 atom stereocenters. The van der Waals surface area contributed by atoms with Crippen LogP contribution in [-0.2, 0) is 30.9 Å². The summed E-state index contributed by atoms with van der Waals surface area (Å²) in [6, 6.07) is 15.1. The van der Waals surface area contributed by atoms with Crippen molar-refractivity contribution in [3.8, 4) is 5.75 Å². The third kappa shape index (κ3) is 8.48. The molecule has 1 aliphatic rings. The van der Waals surface area contributed by atoms with Crippen molar-refractivity contribution in [1.82, 2.24) is 10.2 Å². The quantitative estimate of drug-likeness (QED) is 0.333. The molecule has 2 amide bonds. The molecule has 0 radical (unpaired) electrons. The van der Waals surface area contributed by atoms with Crippen molar-refractivity contribution in [1.29, 1.82) is 0 Å². The molecule has 1 heterocycles. The number of halogens is 2. The molecule has 0 aromatic heterocycles. The van der Waals surface area contributed by atoms with Crippen LogP contribution < -0.4 is 14.8 Å². The van der Waals surface area contributed by atoms with Gasteiger partial charge in [-0.15, -0.1) is 0 Å². The molecule has 41 heavy (non-hydrogen) atoms. The average molecular weight is 588 g/mol. The lowest BCUT2D eigenvalue weighted by atomic mass is 10.1. The molecule has 0 unspecified atom stereocenters. The lowest BCUT2D eigenvalue weighted by molar-refractivity contribution is -0.142. The Morgan fingerprint density at radius 2 is 1.63 bits per heavy atom. The Hall–Kier alpha value is -4.03. The minimum Gasteiger partial charge on any atom is -0.484 e. The number of sulfonamides is 1. The SMILES string of the molecule is C[C@@H](C(=O)NC[C@H]1CCCO1)N(Cc1ccc(F)cc1)C(=O)COc1ccc(S(=O)(=O)Nc2ccc(F)cc2)cc1. The van der Waals surface area contributed by atoms with Gasteiger partial charge in [-0.25, -0.2) is 17.2 Å². The van der Waals surface area contributed by atoms with Gasteiger partial charge in [0.15, 0.2) is 6.61 Å². The summed E-state index contributed by atoms with van der Waals surface area (Å²) < 4.78 is 65.3. The Kier molecular flexibility index (Phi) is 9.90. The number of hydrogen-bond donors (Lipinski definition) is 2. The maximum atomic E-state index is 13.4. The molecule has 3 aromatic carbocycles. The van der Waals surface area contributed by atoms with Gasteiger partial charge in [-0.2, -0.15) is 0 Å². The normalized spacial score (nSPS) is 15.6. The van der Waals surface area contributed by atoms with Crippen molar-refractivity contribution in [2.75, 3.05) is 24.5 Å². The van der Waals surface area contributed by atoms with Crippen molar-refractivity contribution in [3.05, 3.63) is 90.0 Å². The number of anilines is 1. The minimum absolute atomic E-state index is 0.0449. The standard InChI is InChI=1S/C29H31F2N3O6S/c1-20(29(36)32-17-26-3-2-16-39-26)34(18-21-4-6-22(30)7-5-21)28(35)19-40-25-12-14-27(15-13-25)41(37,38)33-24-10-8-23(31)9-11-24/h4-15,20,26,33H,2-3,16-19H2,1H3,(H,32,36)/t20-,26+/m0/s1. The molecule has 0 saturated carbocycles. The highest BCUT2D eigenvalue weighted by Crippen LogP contribution is 2.20. The Labute approximate surface area is 237 Å². The van der Waals surface area contributed by atoms with E-state index in [1.54, 1.807) is 6.92 Å². The number of nitrogens with one attached hydrogen (secondary N) is 2. The van der Waals surface area contributed by atoms with Gasteiger partial charge in [-0.05, 0) is 86.0 Å². The van der Waals surface area contributed by atoms with Crippen molar-refractivity contribution >= 4 is 27.5 Å². The van der Waals surface area contributed by atoms with Gasteiger partial charge in [0.05, 0.1) is 11.0 Å². The van der Waals surface area contributed by atoms with Crippen LogP contribution in [0.25, 0.3) is 0 Å². The first-order chi connectivity index (χ1) is 19.6. The van der Waals surface area contributed by atoms with E-state index in [4.69, 9.17) is 9.47 Å². The number of carbonyl (C=O) groups is 2. The fourth-order valence-electron chi connectivity index (χ4n) is 4.21. The molecule has 218 valence electrons. The van der Waals surface area contributed by atoms with Crippen LogP contribution in [0, 0.1) is 11.6 Å². The van der Waals surface area contributed by atoms with E-state index in [1.165, 1.54) is 65.6 Å². The molecule has 0 bridgehead atoms. The van der Waals surface area contributed by atoms with Gasteiger partial charge in [0.1, 0.15) is 23.4 Å². The van der Waals surface area contributed by atoms with E-state index >= 15 is 0 Å². The molecule has 1 aliphatic heterocycles. The van der Waals surface area contributed by atoms with Gasteiger partial charge in [0.2, 0.25) is 5.91 Å². The molecule has 9 nitrogen and oxygen atoms in total. The largest absolute Gasteiger partial charge is 0.484 e. The molecule has 1 fully saturated rings. The summed E-state index contributed by atoms with van der Waals surface area (Å²) in [5.41, 5.74) is 0.828. The van der Waals surface area contributed by atoms with Crippen molar-refractivity contribution in [2.45, 2.75) is 43.4 Å². The van der Waals surface area contributed by atoms with Gasteiger partial charge in [0, 0.05) is 25.4 Å². The molecule has 1 saturated heterocycles. The van der Waals surface area contributed by atoms with Gasteiger partial charge in [0.25, 0.3) is 15.9 Å². The van der Waals surface area contributed by atoms with Crippen molar-refractivity contribution in [3.63, 3.8) is 0 Å². The minimum atomic E-state index is -3.94. The smallest absolute Gasteiger partial charge is 0.261 e. The summed E-state index contributed by atoms with van der Waals surface area (Å²) in [6.45, 7) is 2.21. The first kappa shape index (κ1) is 29.9. The van der Waals surface area contributed by atoms with Crippen LogP contribution in [0.4, 0.5) is 14.5 Å². The lowest BCUT2D eigenvalue weighted by Crippen LogP contribution is -2.50. The first-order valence-corrected chi connectivity index (χ1v) is 14.5. The maximum absolute atomic E-state index is 13.4. The second-order valence-corrected chi connectivity index (χ2v) is 11.3. The predicted molar refractivity (Wildman–Crippen MR) is 148 cm³/mol. The van der Waals surface area contributed by atoms with Crippen molar-refractivity contribution < 1.29 is 36.3 Å². The zero-order chi connectivity index (χ0) is 29.4. The second-order valence-electron chi connectivity index (χ2n) is 9.58. The molecular weight excluding hydrogens is 556 g/mol. The lowest BCUT2D eigenvalue weighted by Gasteiger charge is -2.29. The zero-order valence-corrected chi connectivity index (χ0v) is 23.2. The Morgan fingerprint density at radius 3 is 2.24 bits per heavy atom. The Bertz CT molecular complexity index is 1430. The molecular formula is C29H31F2N3O6S. The summed E-state index contributed by atoms with van der Waals surface area (Å²) in [5.74, 6) is -1.54. The molecule has 0 spiro atoms. The van der Waals surface area contributed by atoms with Gasteiger partial charge >= 0.3 is 0 Å². The summed E-state index contributed by atoms with van der Waals surface area (Å²) in [5, 5.41) is 2.83. The monoisotopic (exact) mass is 587 g/mol. The number of amides is 2. The molecule has 12 heteroatoms. The maximum Gasteiger partial charge on any atom is 0.261 e. The van der Waals surface area contributed by atoms with Crippen LogP contribution in [-0.4, -0.2) is 57.0 Å². The summed E-state index contributed by atoms with van der Waals surface area (Å²) in [7, 11) is -3.94. The first-order valence-electron chi connectivity index (χ1n) is 13.1. The zero-order valence-electron chi connectivity index (χ0n) is 22.4. The van der Waals surface area contributed by atoms with Gasteiger partial charge < -0.3 is 19.7 Å². The molecule has 4 rings (SSSR count). The van der Waals surface area contributed by atoms with Gasteiger partial charge in [-0.3, -0.25) is 14.3 Å². The second kappa shape index (κ2) is 13.6. The fourth-order valence-corrected chi connectivity index (χ4v) is 5.27. The third-order valence-corrected chi connectivity index (χ3v) is 7.95. The summed E-state index contributed by atoms with van der Waals surface area (Å²) >= 11 is 0. The third-order valence-electron chi connectivity index (χ3n) is 6.55. The molecule has 2 N–H and O–H groups in total. The molecule has 0 aliphatic carbocycles. The van der Waals surface area contributed by atoms with Crippen LogP contribution in [0.15, 0.2) is 77.7 Å². The topological polar surface area (TPSA) is 114 Å². The molecule has 3 aromatic rings. The van der Waals surface area contributed by atoms with Crippen LogP contribution in [0.2, 0.25) is 0 Å². The number of rotatable bonds is 12. The van der Waals surface area contributed by atoms with E-state index in [9.17, 15) is 26.8 Å². The summed E-state index contributed by atoms with van der Waals surface area (Å²) in [6.07, 6.45) is 1.72. The van der Waals surface area contributed by atoms with E-state index in [-0.39, 0.29) is 34.9 Å². The number of nitrogens with zero attached hydrogens (tertiary/aromatic N) is 1. The highest BCUT2D eigenvalue weighted by Gasteiger charge is 2.27. The Morgan fingerprint density at radius 1 is 1.00 bits per heavy atom.